The van der Waals surface area contributed by atoms with Crippen molar-refractivity contribution in [3.8, 4) is 0 Å². The van der Waals surface area contributed by atoms with Crippen LogP contribution in [0.5, 0.6) is 0 Å². The molecule has 1 aliphatic heterocycles. The van der Waals surface area contributed by atoms with Crippen molar-refractivity contribution in [1.82, 2.24) is 0 Å². The summed E-state index contributed by atoms with van der Waals surface area (Å²) in [6.07, 6.45) is 5.49. The zero-order valence-electron chi connectivity index (χ0n) is 16.9. The van der Waals surface area contributed by atoms with Crippen LogP contribution in [0.4, 0.5) is 5.69 Å². The number of rotatable bonds is 6. The smallest absolute Gasteiger partial charge is 0.248 e. The summed E-state index contributed by atoms with van der Waals surface area (Å²) in [5, 5.41) is 3.55. The van der Waals surface area contributed by atoms with Crippen LogP contribution in [0.15, 0.2) is 54.6 Å². The van der Waals surface area contributed by atoms with Crippen LogP contribution in [-0.2, 0) is 16.1 Å². The first-order chi connectivity index (χ1) is 13.4. The molecule has 0 aromatic heterocycles. The molecule has 1 amide bonds. The third-order valence-corrected chi connectivity index (χ3v) is 5.50. The normalized spacial score (nSPS) is 15.1. The number of quaternary nitrogens is 1. The van der Waals surface area contributed by atoms with Gasteiger partial charge in [0.2, 0.25) is 5.91 Å². The Balaban J connectivity index is 0.00000300. The highest BCUT2D eigenvalue weighted by molar-refractivity contribution is 6.30. The minimum atomic E-state index is -0.161. The standard InChI is InChI=1S/C23H27ClN2O2.HI/c1-26(2,22-12-14-28-15-13-22)17-19-6-9-21(10-7-19)25-23(27)11-8-18-4-3-5-20(24)16-18;/h3-11,16,22H,12-15,17H2,1-2H3;1H. The first kappa shape index (κ1) is 23.9. The second kappa shape index (κ2) is 11.1. The summed E-state index contributed by atoms with van der Waals surface area (Å²) in [7, 11) is 4.57. The maximum absolute atomic E-state index is 12.1. The lowest BCUT2D eigenvalue weighted by molar-refractivity contribution is -0.929. The molecule has 0 atom stereocenters. The molecule has 1 saturated heterocycles. The van der Waals surface area contributed by atoms with Gasteiger partial charge in [-0.3, -0.25) is 4.79 Å². The van der Waals surface area contributed by atoms with Gasteiger partial charge in [-0.2, -0.15) is 0 Å². The first-order valence-corrected chi connectivity index (χ1v) is 10.0. The van der Waals surface area contributed by atoms with Gasteiger partial charge in [-0.05, 0) is 35.9 Å². The lowest BCUT2D eigenvalue weighted by Gasteiger charge is -2.40. The number of nitrogens with zero attached hydrogens (tertiary/aromatic N) is 1. The van der Waals surface area contributed by atoms with Crippen LogP contribution in [0, 0.1) is 0 Å². The average Bonchev–Trinajstić information content (AvgIpc) is 2.68. The fourth-order valence-electron chi connectivity index (χ4n) is 3.64. The van der Waals surface area contributed by atoms with E-state index in [9.17, 15) is 4.79 Å². The molecule has 0 aliphatic carbocycles. The molecule has 2 aromatic carbocycles. The Labute approximate surface area is 195 Å². The number of anilines is 1. The number of hydrogen-bond acceptors (Lipinski definition) is 2. The predicted octanol–water partition coefficient (Wildman–Crippen LogP) is 1.75. The van der Waals surface area contributed by atoms with Crippen LogP contribution in [0.1, 0.15) is 24.0 Å². The van der Waals surface area contributed by atoms with E-state index in [2.05, 4.69) is 31.5 Å². The SMILES string of the molecule is C[N+](C)(Cc1ccc(NC(=O)C=Cc2cccc(Cl)c2)cc1)C1CCOCC1.[I-]. The van der Waals surface area contributed by atoms with Crippen LogP contribution in [0.3, 0.4) is 0 Å². The number of carbonyl (C=O) groups excluding carboxylic acids is 1. The quantitative estimate of drug-likeness (QED) is 0.354. The number of carbonyl (C=O) groups is 1. The van der Waals surface area contributed by atoms with Crippen LogP contribution in [-0.4, -0.2) is 43.7 Å². The van der Waals surface area contributed by atoms with Crippen molar-refractivity contribution in [3.63, 3.8) is 0 Å². The van der Waals surface area contributed by atoms with E-state index in [1.165, 1.54) is 11.6 Å². The van der Waals surface area contributed by atoms with Gasteiger partial charge < -0.3 is 38.5 Å². The van der Waals surface area contributed by atoms with Gasteiger partial charge in [0.1, 0.15) is 6.54 Å². The van der Waals surface area contributed by atoms with Crippen LogP contribution in [0.2, 0.25) is 5.02 Å². The molecule has 1 N–H and O–H groups in total. The number of amides is 1. The molecule has 1 aliphatic rings. The molecule has 0 saturated carbocycles. The zero-order chi connectivity index (χ0) is 20.0. The Morgan fingerprint density at radius 1 is 1.17 bits per heavy atom. The third kappa shape index (κ3) is 7.41. The van der Waals surface area contributed by atoms with Crippen LogP contribution in [0.25, 0.3) is 6.08 Å². The van der Waals surface area contributed by atoms with Crippen molar-refractivity contribution >= 4 is 29.3 Å². The van der Waals surface area contributed by atoms with E-state index in [0.29, 0.717) is 11.1 Å². The molecule has 0 spiro atoms. The second-order valence-electron chi connectivity index (χ2n) is 7.85. The second-order valence-corrected chi connectivity index (χ2v) is 8.29. The summed E-state index contributed by atoms with van der Waals surface area (Å²) in [6.45, 7) is 2.69. The third-order valence-electron chi connectivity index (χ3n) is 5.27. The predicted molar refractivity (Wildman–Crippen MR) is 115 cm³/mol. The van der Waals surface area contributed by atoms with Crippen molar-refractivity contribution < 1.29 is 38.0 Å². The molecule has 4 nitrogen and oxygen atoms in total. The van der Waals surface area contributed by atoms with E-state index >= 15 is 0 Å². The van der Waals surface area contributed by atoms with Gasteiger partial charge in [0.15, 0.2) is 0 Å². The van der Waals surface area contributed by atoms with Crippen molar-refractivity contribution in [2.24, 2.45) is 0 Å². The highest BCUT2D eigenvalue weighted by Crippen LogP contribution is 2.23. The van der Waals surface area contributed by atoms with E-state index in [-0.39, 0.29) is 29.9 Å². The number of nitrogens with one attached hydrogen (secondary N) is 1. The number of hydrogen-bond donors (Lipinski definition) is 1. The molecule has 0 radical (unpaired) electrons. The summed E-state index contributed by atoms with van der Waals surface area (Å²) in [6, 6.07) is 16.1. The van der Waals surface area contributed by atoms with Crippen molar-refractivity contribution in [1.29, 1.82) is 0 Å². The number of ether oxygens (including phenoxy) is 1. The molecule has 156 valence electrons. The lowest BCUT2D eigenvalue weighted by atomic mass is 10.0. The van der Waals surface area contributed by atoms with Gasteiger partial charge in [-0.15, -0.1) is 0 Å². The largest absolute Gasteiger partial charge is 1.00 e. The van der Waals surface area contributed by atoms with Gasteiger partial charge in [0.05, 0.1) is 33.4 Å². The summed E-state index contributed by atoms with van der Waals surface area (Å²) >= 11 is 5.96. The highest BCUT2D eigenvalue weighted by Gasteiger charge is 2.30. The molecule has 1 heterocycles. The molecular formula is C23H28ClIN2O2. The van der Waals surface area contributed by atoms with Gasteiger partial charge >= 0.3 is 0 Å². The van der Waals surface area contributed by atoms with Gasteiger partial charge in [0.25, 0.3) is 0 Å². The minimum Gasteiger partial charge on any atom is -1.00 e. The van der Waals surface area contributed by atoms with Crippen molar-refractivity contribution in [3.05, 3.63) is 70.8 Å². The summed E-state index contributed by atoms with van der Waals surface area (Å²) in [5.74, 6) is -0.161. The Morgan fingerprint density at radius 3 is 2.52 bits per heavy atom. The molecule has 3 rings (SSSR count). The molecule has 0 unspecified atom stereocenters. The average molecular weight is 527 g/mol. The molecule has 6 heteroatoms. The highest BCUT2D eigenvalue weighted by atomic mass is 127. The van der Waals surface area contributed by atoms with Crippen molar-refractivity contribution in [2.45, 2.75) is 25.4 Å². The van der Waals surface area contributed by atoms with E-state index in [1.54, 1.807) is 6.08 Å². The van der Waals surface area contributed by atoms with E-state index in [1.807, 2.05) is 36.4 Å². The molecule has 2 aromatic rings. The fourth-order valence-corrected chi connectivity index (χ4v) is 3.84. The topological polar surface area (TPSA) is 38.3 Å². The summed E-state index contributed by atoms with van der Waals surface area (Å²) < 4.78 is 6.45. The minimum absolute atomic E-state index is 0. The molecule has 0 bridgehead atoms. The van der Waals surface area contributed by atoms with Crippen LogP contribution >= 0.6 is 11.6 Å². The van der Waals surface area contributed by atoms with Crippen LogP contribution < -0.4 is 29.3 Å². The van der Waals surface area contributed by atoms with E-state index in [4.69, 9.17) is 16.3 Å². The van der Waals surface area contributed by atoms with E-state index < -0.39 is 0 Å². The Morgan fingerprint density at radius 2 is 1.86 bits per heavy atom. The van der Waals surface area contributed by atoms with E-state index in [0.717, 1.165) is 48.3 Å². The maximum atomic E-state index is 12.1. The monoisotopic (exact) mass is 526 g/mol. The van der Waals surface area contributed by atoms with Gasteiger partial charge in [-0.1, -0.05) is 35.9 Å². The Bertz CT molecular complexity index is 831. The number of halogens is 2. The van der Waals surface area contributed by atoms with Crippen molar-refractivity contribution in [2.75, 3.05) is 32.6 Å². The van der Waals surface area contributed by atoms with Gasteiger partial charge in [0, 0.05) is 35.2 Å². The molecule has 29 heavy (non-hydrogen) atoms. The van der Waals surface area contributed by atoms with Gasteiger partial charge in [-0.25, -0.2) is 0 Å². The Hall–Kier alpha value is -1.41. The maximum Gasteiger partial charge on any atom is 0.248 e. The summed E-state index contributed by atoms with van der Waals surface area (Å²) in [5.41, 5.74) is 2.95. The fraction of sp³-hybridized carbons (Fsp3) is 0.348. The zero-order valence-corrected chi connectivity index (χ0v) is 19.8. The summed E-state index contributed by atoms with van der Waals surface area (Å²) in [4.78, 5) is 12.1. The lowest BCUT2D eigenvalue weighted by Crippen LogP contribution is -3.00. The number of benzene rings is 2. The molecule has 1 fully saturated rings. The Kier molecular flexibility index (Phi) is 9.14. The molecular weight excluding hydrogens is 499 g/mol. The first-order valence-electron chi connectivity index (χ1n) is 9.66.